The van der Waals surface area contributed by atoms with Crippen molar-refractivity contribution in [3.8, 4) is 5.75 Å². The number of rotatable bonds is 3. The Morgan fingerprint density at radius 1 is 1.00 bits per heavy atom. The quantitative estimate of drug-likeness (QED) is 0.852. The lowest BCUT2D eigenvalue weighted by molar-refractivity contribution is -0.118. The van der Waals surface area contributed by atoms with Crippen molar-refractivity contribution in [2.45, 2.75) is 0 Å². The Labute approximate surface area is 128 Å². The van der Waals surface area contributed by atoms with E-state index in [1.807, 2.05) is 54.6 Å². The van der Waals surface area contributed by atoms with Crippen LogP contribution in [0, 0.1) is 0 Å². The summed E-state index contributed by atoms with van der Waals surface area (Å²) in [7, 11) is 1.62. The van der Waals surface area contributed by atoms with Gasteiger partial charge < -0.3 is 4.74 Å². The molecule has 0 spiro atoms. The zero-order valence-electron chi connectivity index (χ0n) is 12.0. The SMILES string of the molecule is COc1ccc(/C=C2\N=C(c3ccccc3)NNC2=O)cc1. The standard InChI is InChI=1S/C17H15N3O2/c1-22-14-9-7-12(8-10-14)11-15-17(21)20-19-16(18-15)13-5-3-2-4-6-13/h2-11H,1H3,(H,18,19)(H,20,21)/b15-11-. The molecular formula is C17H15N3O2. The van der Waals surface area contributed by atoms with E-state index in [1.54, 1.807) is 13.2 Å². The van der Waals surface area contributed by atoms with Crippen molar-refractivity contribution in [1.82, 2.24) is 10.9 Å². The molecule has 2 aromatic rings. The fraction of sp³-hybridized carbons (Fsp3) is 0.0588. The van der Waals surface area contributed by atoms with Crippen molar-refractivity contribution in [1.29, 1.82) is 0 Å². The first-order valence-corrected chi connectivity index (χ1v) is 6.82. The second-order valence-corrected chi connectivity index (χ2v) is 4.71. The zero-order chi connectivity index (χ0) is 15.4. The summed E-state index contributed by atoms with van der Waals surface area (Å²) in [5, 5.41) is 0. The maximum absolute atomic E-state index is 11.9. The highest BCUT2D eigenvalue weighted by atomic mass is 16.5. The van der Waals surface area contributed by atoms with Gasteiger partial charge in [0.25, 0.3) is 5.91 Å². The third-order valence-electron chi connectivity index (χ3n) is 3.23. The molecule has 0 saturated heterocycles. The molecule has 1 heterocycles. The minimum Gasteiger partial charge on any atom is -0.497 e. The molecule has 0 unspecified atom stereocenters. The van der Waals surface area contributed by atoms with Gasteiger partial charge in [0.15, 0.2) is 5.84 Å². The van der Waals surface area contributed by atoms with Crippen LogP contribution in [0.5, 0.6) is 5.75 Å². The molecule has 110 valence electrons. The molecule has 5 heteroatoms. The van der Waals surface area contributed by atoms with Crippen LogP contribution in [0.3, 0.4) is 0 Å². The van der Waals surface area contributed by atoms with Gasteiger partial charge in [0.1, 0.15) is 11.4 Å². The summed E-state index contributed by atoms with van der Waals surface area (Å²) in [5.74, 6) is 1.11. The van der Waals surface area contributed by atoms with E-state index in [-0.39, 0.29) is 5.91 Å². The lowest BCUT2D eigenvalue weighted by Crippen LogP contribution is -2.46. The Bertz CT molecular complexity index is 734. The van der Waals surface area contributed by atoms with Crippen LogP contribution in [0.15, 0.2) is 65.3 Å². The first-order chi connectivity index (χ1) is 10.8. The van der Waals surface area contributed by atoms with Crippen molar-refractivity contribution in [3.63, 3.8) is 0 Å². The third-order valence-corrected chi connectivity index (χ3v) is 3.23. The minimum absolute atomic E-state index is 0.268. The summed E-state index contributed by atoms with van der Waals surface area (Å²) >= 11 is 0. The van der Waals surface area contributed by atoms with E-state index in [0.717, 1.165) is 16.9 Å². The van der Waals surface area contributed by atoms with Gasteiger partial charge in [0, 0.05) is 5.56 Å². The lowest BCUT2D eigenvalue weighted by atomic mass is 10.1. The second kappa shape index (κ2) is 6.13. The number of amidine groups is 1. The van der Waals surface area contributed by atoms with E-state index in [4.69, 9.17) is 4.74 Å². The average molecular weight is 293 g/mol. The molecule has 3 rings (SSSR count). The summed E-state index contributed by atoms with van der Waals surface area (Å²) in [6.07, 6.45) is 1.73. The number of aliphatic imine (C=N–C) groups is 1. The molecule has 2 N–H and O–H groups in total. The molecule has 0 atom stereocenters. The molecule has 1 amide bonds. The van der Waals surface area contributed by atoms with Crippen LogP contribution in [0.2, 0.25) is 0 Å². The van der Waals surface area contributed by atoms with Gasteiger partial charge in [0.2, 0.25) is 0 Å². The number of methoxy groups -OCH3 is 1. The number of nitrogens with one attached hydrogen (secondary N) is 2. The second-order valence-electron chi connectivity index (χ2n) is 4.71. The third kappa shape index (κ3) is 2.98. The van der Waals surface area contributed by atoms with Gasteiger partial charge in [-0.15, -0.1) is 0 Å². The maximum Gasteiger partial charge on any atom is 0.288 e. The van der Waals surface area contributed by atoms with Crippen LogP contribution < -0.4 is 15.6 Å². The van der Waals surface area contributed by atoms with Gasteiger partial charge in [-0.05, 0) is 23.8 Å². The predicted octanol–water partition coefficient (Wildman–Crippen LogP) is 2.12. The van der Waals surface area contributed by atoms with E-state index in [1.165, 1.54) is 0 Å². The largest absolute Gasteiger partial charge is 0.497 e. The molecule has 0 aliphatic carbocycles. The van der Waals surface area contributed by atoms with E-state index in [0.29, 0.717) is 11.5 Å². The van der Waals surface area contributed by atoms with Gasteiger partial charge in [-0.25, -0.2) is 4.99 Å². The van der Waals surface area contributed by atoms with Gasteiger partial charge in [0.05, 0.1) is 7.11 Å². The van der Waals surface area contributed by atoms with Gasteiger partial charge in [-0.1, -0.05) is 42.5 Å². The molecule has 0 saturated carbocycles. The van der Waals surface area contributed by atoms with E-state index >= 15 is 0 Å². The Morgan fingerprint density at radius 2 is 1.73 bits per heavy atom. The molecule has 1 aliphatic rings. The summed E-state index contributed by atoms with van der Waals surface area (Å²) < 4.78 is 5.12. The number of hydrazine groups is 1. The molecular weight excluding hydrogens is 278 g/mol. The summed E-state index contributed by atoms with van der Waals surface area (Å²) in [6.45, 7) is 0. The smallest absolute Gasteiger partial charge is 0.288 e. The number of ether oxygens (including phenoxy) is 1. The number of carbonyl (C=O) groups excluding carboxylic acids is 1. The molecule has 0 aromatic heterocycles. The molecule has 0 fully saturated rings. The Hall–Kier alpha value is -3.08. The van der Waals surface area contributed by atoms with Crippen molar-refractivity contribution >= 4 is 17.8 Å². The number of benzene rings is 2. The number of hydrogen-bond acceptors (Lipinski definition) is 4. The van der Waals surface area contributed by atoms with Crippen molar-refractivity contribution in [2.75, 3.05) is 7.11 Å². The fourth-order valence-corrected chi connectivity index (χ4v) is 2.07. The van der Waals surface area contributed by atoms with E-state index < -0.39 is 0 Å². The van der Waals surface area contributed by atoms with Gasteiger partial charge >= 0.3 is 0 Å². The Morgan fingerprint density at radius 3 is 2.41 bits per heavy atom. The zero-order valence-corrected chi connectivity index (χ0v) is 12.0. The van der Waals surface area contributed by atoms with E-state index in [2.05, 4.69) is 15.8 Å². The number of carbonyl (C=O) groups is 1. The molecule has 1 aliphatic heterocycles. The van der Waals surface area contributed by atoms with Crippen LogP contribution in [0.4, 0.5) is 0 Å². The van der Waals surface area contributed by atoms with E-state index in [9.17, 15) is 4.79 Å². The Balaban J connectivity index is 1.93. The number of nitrogens with zero attached hydrogens (tertiary/aromatic N) is 1. The highest BCUT2D eigenvalue weighted by Gasteiger charge is 2.17. The topological polar surface area (TPSA) is 62.7 Å². The predicted molar refractivity (Wildman–Crippen MR) is 85.2 cm³/mol. The summed E-state index contributed by atoms with van der Waals surface area (Å²) in [6, 6.07) is 17.0. The summed E-state index contributed by atoms with van der Waals surface area (Å²) in [4.78, 5) is 16.3. The lowest BCUT2D eigenvalue weighted by Gasteiger charge is -2.17. The Kier molecular flexibility index (Phi) is 3.87. The van der Waals surface area contributed by atoms with Crippen molar-refractivity contribution in [2.24, 2.45) is 4.99 Å². The maximum atomic E-state index is 11.9. The van der Waals surface area contributed by atoms with Gasteiger partial charge in [-0.2, -0.15) is 0 Å². The van der Waals surface area contributed by atoms with Crippen molar-refractivity contribution < 1.29 is 9.53 Å². The van der Waals surface area contributed by atoms with Crippen LogP contribution in [-0.2, 0) is 4.79 Å². The first-order valence-electron chi connectivity index (χ1n) is 6.82. The average Bonchev–Trinajstić information content (AvgIpc) is 2.58. The van der Waals surface area contributed by atoms with Gasteiger partial charge in [-0.3, -0.25) is 15.6 Å². The highest BCUT2D eigenvalue weighted by Crippen LogP contribution is 2.16. The first kappa shape index (κ1) is 13.9. The number of hydrogen-bond donors (Lipinski definition) is 2. The normalized spacial score (nSPS) is 15.8. The van der Waals surface area contributed by atoms with Crippen LogP contribution in [-0.4, -0.2) is 18.9 Å². The summed E-state index contributed by atoms with van der Waals surface area (Å²) in [5.41, 5.74) is 7.55. The molecule has 2 aromatic carbocycles. The fourth-order valence-electron chi connectivity index (χ4n) is 2.07. The van der Waals surface area contributed by atoms with Crippen LogP contribution in [0.1, 0.15) is 11.1 Å². The monoisotopic (exact) mass is 293 g/mol. The molecule has 0 radical (unpaired) electrons. The molecule has 5 nitrogen and oxygen atoms in total. The molecule has 22 heavy (non-hydrogen) atoms. The highest BCUT2D eigenvalue weighted by molar-refractivity contribution is 6.09. The van der Waals surface area contributed by atoms with Crippen LogP contribution >= 0.6 is 0 Å². The molecule has 0 bridgehead atoms. The van der Waals surface area contributed by atoms with Crippen molar-refractivity contribution in [3.05, 3.63) is 71.4 Å². The van der Waals surface area contributed by atoms with Crippen LogP contribution in [0.25, 0.3) is 6.08 Å². The minimum atomic E-state index is -0.268. The number of amides is 1.